The minimum Gasteiger partial charge on any atom is -0.356 e. The average molecular weight is 284 g/mol. The molecule has 0 saturated heterocycles. The number of hydrogen-bond donors (Lipinski definition) is 1. The smallest absolute Gasteiger partial charge is 0.203 e. The molecule has 1 fully saturated rings. The summed E-state index contributed by atoms with van der Waals surface area (Å²) >= 11 is 0. The van der Waals surface area contributed by atoms with Crippen LogP contribution in [-0.4, -0.2) is 34.6 Å². The van der Waals surface area contributed by atoms with E-state index < -0.39 is 0 Å². The molecule has 1 heterocycles. The van der Waals surface area contributed by atoms with Crippen LogP contribution in [0.15, 0.2) is 42.7 Å². The Bertz CT molecular complexity index is 545. The third-order valence-electron chi connectivity index (χ3n) is 3.90. The van der Waals surface area contributed by atoms with E-state index in [9.17, 15) is 0 Å². The molecule has 0 amide bonds. The van der Waals surface area contributed by atoms with Crippen molar-refractivity contribution in [3.05, 3.63) is 48.3 Å². The quantitative estimate of drug-likeness (QED) is 0.756. The van der Waals surface area contributed by atoms with Gasteiger partial charge in [0.25, 0.3) is 0 Å². The molecule has 0 atom stereocenters. The summed E-state index contributed by atoms with van der Waals surface area (Å²) < 4.78 is 2.27. The van der Waals surface area contributed by atoms with E-state index in [0.29, 0.717) is 6.04 Å². The maximum atomic E-state index is 4.40. The van der Waals surface area contributed by atoms with Crippen LogP contribution in [0.1, 0.15) is 30.9 Å². The molecule has 3 rings (SSSR count). The van der Waals surface area contributed by atoms with Crippen molar-refractivity contribution >= 4 is 5.95 Å². The summed E-state index contributed by atoms with van der Waals surface area (Å²) in [6.45, 7) is 3.08. The van der Waals surface area contributed by atoms with Crippen LogP contribution in [0.25, 0.3) is 0 Å². The number of benzene rings is 1. The maximum absolute atomic E-state index is 4.40. The number of aromatic nitrogens is 2. The lowest BCUT2D eigenvalue weighted by atomic mass is 10.2. The Kier molecular flexibility index (Phi) is 4.55. The molecule has 2 aromatic rings. The molecule has 1 aromatic carbocycles. The zero-order chi connectivity index (χ0) is 14.5. The second-order valence-electron chi connectivity index (χ2n) is 5.89. The second-order valence-corrected chi connectivity index (χ2v) is 5.89. The Hall–Kier alpha value is -1.81. The normalized spacial score (nSPS) is 14.6. The summed E-state index contributed by atoms with van der Waals surface area (Å²) in [7, 11) is 2.18. The van der Waals surface area contributed by atoms with Crippen molar-refractivity contribution < 1.29 is 0 Å². The molecule has 0 aliphatic heterocycles. The van der Waals surface area contributed by atoms with Gasteiger partial charge in [-0.1, -0.05) is 30.3 Å². The molecule has 4 heteroatoms. The van der Waals surface area contributed by atoms with Crippen LogP contribution in [0.2, 0.25) is 0 Å². The van der Waals surface area contributed by atoms with Crippen LogP contribution in [0, 0.1) is 0 Å². The van der Waals surface area contributed by atoms with Crippen molar-refractivity contribution in [3.63, 3.8) is 0 Å². The number of hydrogen-bond acceptors (Lipinski definition) is 3. The maximum Gasteiger partial charge on any atom is 0.203 e. The monoisotopic (exact) mass is 284 g/mol. The molecule has 1 saturated carbocycles. The van der Waals surface area contributed by atoms with Crippen molar-refractivity contribution in [2.45, 2.75) is 31.8 Å². The molecule has 1 aliphatic rings. The van der Waals surface area contributed by atoms with Gasteiger partial charge in [0, 0.05) is 31.5 Å². The van der Waals surface area contributed by atoms with E-state index in [1.807, 2.05) is 6.20 Å². The summed E-state index contributed by atoms with van der Waals surface area (Å²) in [6, 6.07) is 11.3. The second kappa shape index (κ2) is 6.76. The number of imidazole rings is 1. The van der Waals surface area contributed by atoms with Crippen LogP contribution in [0.4, 0.5) is 5.95 Å². The van der Waals surface area contributed by atoms with Gasteiger partial charge in [-0.15, -0.1) is 0 Å². The Labute approximate surface area is 126 Å². The van der Waals surface area contributed by atoms with Crippen molar-refractivity contribution in [2.75, 3.05) is 25.5 Å². The molecular weight excluding hydrogens is 260 g/mol. The molecule has 0 bridgehead atoms. The first kappa shape index (κ1) is 14.1. The van der Waals surface area contributed by atoms with Crippen molar-refractivity contribution in [1.29, 1.82) is 0 Å². The first-order chi connectivity index (χ1) is 10.3. The Morgan fingerprint density at radius 1 is 1.29 bits per heavy atom. The van der Waals surface area contributed by atoms with Crippen LogP contribution >= 0.6 is 0 Å². The fraction of sp³-hybridized carbons (Fsp3) is 0.471. The van der Waals surface area contributed by atoms with Crippen molar-refractivity contribution in [1.82, 2.24) is 14.5 Å². The van der Waals surface area contributed by atoms with Gasteiger partial charge in [-0.3, -0.25) is 0 Å². The molecule has 4 nitrogen and oxygen atoms in total. The topological polar surface area (TPSA) is 33.1 Å². The molecular formula is C17H24N4. The first-order valence-corrected chi connectivity index (χ1v) is 7.82. The molecule has 0 unspecified atom stereocenters. The Morgan fingerprint density at radius 3 is 2.86 bits per heavy atom. The third kappa shape index (κ3) is 4.08. The minimum atomic E-state index is 0.691. The number of nitrogens with zero attached hydrogens (tertiary/aromatic N) is 3. The van der Waals surface area contributed by atoms with Crippen LogP contribution < -0.4 is 5.32 Å². The van der Waals surface area contributed by atoms with Crippen LogP contribution in [0.5, 0.6) is 0 Å². The molecule has 112 valence electrons. The summed E-state index contributed by atoms with van der Waals surface area (Å²) in [6.07, 6.45) is 7.69. The lowest BCUT2D eigenvalue weighted by molar-refractivity contribution is 0.325. The third-order valence-corrected chi connectivity index (χ3v) is 3.90. The van der Waals surface area contributed by atoms with Gasteiger partial charge in [-0.25, -0.2) is 4.98 Å². The highest BCUT2D eigenvalue weighted by molar-refractivity contribution is 5.27. The Morgan fingerprint density at radius 2 is 2.10 bits per heavy atom. The van der Waals surface area contributed by atoms with E-state index in [0.717, 1.165) is 32.0 Å². The molecule has 21 heavy (non-hydrogen) atoms. The van der Waals surface area contributed by atoms with E-state index in [2.05, 4.69) is 63.3 Å². The van der Waals surface area contributed by atoms with Crippen LogP contribution in [0.3, 0.4) is 0 Å². The summed E-state index contributed by atoms with van der Waals surface area (Å²) in [5, 5.41) is 3.46. The highest BCUT2D eigenvalue weighted by atomic mass is 15.2. The fourth-order valence-corrected chi connectivity index (χ4v) is 2.62. The number of anilines is 1. The van der Waals surface area contributed by atoms with E-state index in [4.69, 9.17) is 0 Å². The van der Waals surface area contributed by atoms with Crippen molar-refractivity contribution in [3.8, 4) is 0 Å². The zero-order valence-electron chi connectivity index (χ0n) is 12.7. The van der Waals surface area contributed by atoms with E-state index in [1.165, 1.54) is 18.4 Å². The standard InChI is InChI=1S/C17H24N4/c1-20(14-15-6-3-2-4-7-15)12-5-10-18-17-19-11-13-21(17)16-8-9-16/h2-4,6-7,11,13,16H,5,8-10,12,14H2,1H3,(H,18,19). The molecule has 1 N–H and O–H groups in total. The number of nitrogens with one attached hydrogen (secondary N) is 1. The van der Waals surface area contributed by atoms with Crippen molar-refractivity contribution in [2.24, 2.45) is 0 Å². The van der Waals surface area contributed by atoms with Gasteiger partial charge < -0.3 is 14.8 Å². The van der Waals surface area contributed by atoms with E-state index in [1.54, 1.807) is 0 Å². The Balaban J connectivity index is 1.37. The summed E-state index contributed by atoms with van der Waals surface area (Å²) in [5.41, 5.74) is 1.37. The fourth-order valence-electron chi connectivity index (χ4n) is 2.62. The van der Waals surface area contributed by atoms with Gasteiger partial charge in [0.05, 0.1) is 0 Å². The minimum absolute atomic E-state index is 0.691. The largest absolute Gasteiger partial charge is 0.356 e. The number of rotatable bonds is 8. The predicted molar refractivity (Wildman–Crippen MR) is 86.4 cm³/mol. The molecule has 1 aliphatic carbocycles. The molecule has 1 aromatic heterocycles. The summed E-state index contributed by atoms with van der Waals surface area (Å²) in [4.78, 5) is 6.77. The van der Waals surface area contributed by atoms with E-state index in [-0.39, 0.29) is 0 Å². The van der Waals surface area contributed by atoms with Gasteiger partial charge >= 0.3 is 0 Å². The average Bonchev–Trinajstić information content (AvgIpc) is 3.24. The zero-order valence-corrected chi connectivity index (χ0v) is 12.7. The lowest BCUT2D eigenvalue weighted by Gasteiger charge is -2.17. The lowest BCUT2D eigenvalue weighted by Crippen LogP contribution is -2.21. The first-order valence-electron chi connectivity index (χ1n) is 7.82. The van der Waals surface area contributed by atoms with Gasteiger partial charge in [-0.05, 0) is 38.4 Å². The highest BCUT2D eigenvalue weighted by Crippen LogP contribution is 2.36. The van der Waals surface area contributed by atoms with Crippen LogP contribution in [-0.2, 0) is 6.54 Å². The summed E-state index contributed by atoms with van der Waals surface area (Å²) in [5.74, 6) is 1.03. The van der Waals surface area contributed by atoms with Gasteiger partial charge in [0.2, 0.25) is 5.95 Å². The highest BCUT2D eigenvalue weighted by Gasteiger charge is 2.25. The van der Waals surface area contributed by atoms with Gasteiger partial charge in [-0.2, -0.15) is 0 Å². The molecule has 0 radical (unpaired) electrons. The molecule has 0 spiro atoms. The van der Waals surface area contributed by atoms with Gasteiger partial charge in [0.15, 0.2) is 0 Å². The van der Waals surface area contributed by atoms with E-state index >= 15 is 0 Å². The van der Waals surface area contributed by atoms with Gasteiger partial charge in [0.1, 0.15) is 0 Å². The predicted octanol–water partition coefficient (Wildman–Crippen LogP) is 3.15. The SMILES string of the molecule is CN(CCCNc1nccn1C1CC1)Cc1ccccc1.